The molecule has 1 heterocycles. The quantitative estimate of drug-likeness (QED) is 0.581. The van der Waals surface area contributed by atoms with Gasteiger partial charge in [0, 0.05) is 20.4 Å². The van der Waals surface area contributed by atoms with Crippen LogP contribution in [0.2, 0.25) is 0 Å². The number of hydrogen-bond acceptors (Lipinski definition) is 6. The summed E-state index contributed by atoms with van der Waals surface area (Å²) < 4.78 is 9.65. The molecule has 1 saturated heterocycles. The number of nitrogens with zero attached hydrogens (tertiary/aromatic N) is 2. The molecule has 0 spiro atoms. The van der Waals surface area contributed by atoms with Gasteiger partial charge >= 0.3 is 12.1 Å². The van der Waals surface area contributed by atoms with Gasteiger partial charge in [0.25, 0.3) is 0 Å². The minimum Gasteiger partial charge on any atom is -0.426 e. The number of carbonyl (C=O) groups excluding carboxylic acids is 3. The van der Waals surface area contributed by atoms with Crippen molar-refractivity contribution in [2.75, 3.05) is 6.54 Å². The molecule has 0 bridgehead atoms. The number of alkyl carbamates (subject to hydrolysis) is 1. The predicted molar refractivity (Wildman–Crippen MR) is 84.4 cm³/mol. The van der Waals surface area contributed by atoms with E-state index in [1.54, 1.807) is 0 Å². The molecular formula is C16H25N3O5. The summed E-state index contributed by atoms with van der Waals surface area (Å²) in [7, 11) is 0. The van der Waals surface area contributed by atoms with E-state index in [1.165, 1.54) is 18.7 Å². The average molecular weight is 339 g/mol. The number of amides is 2. The molecule has 0 radical (unpaired) electrons. The number of likely N-dealkylation sites (tertiary alicyclic amines) is 1. The van der Waals surface area contributed by atoms with E-state index in [2.05, 4.69) is 11.4 Å². The van der Waals surface area contributed by atoms with Crippen molar-refractivity contribution < 1.29 is 23.9 Å². The van der Waals surface area contributed by atoms with Crippen molar-refractivity contribution in [3.63, 3.8) is 0 Å². The standard InChI is InChI=1S/C16H25N3O5/c1-5-10(2)14(15(21)19-8-6-7-13(19)9-17)18-16(22)24-12(4)23-11(3)20/h10,12-14H,5-8H2,1-4H3,(H,18,22). The van der Waals surface area contributed by atoms with Gasteiger partial charge < -0.3 is 19.7 Å². The van der Waals surface area contributed by atoms with Crippen LogP contribution in [0.3, 0.4) is 0 Å². The third-order valence-corrected chi connectivity index (χ3v) is 4.04. The highest BCUT2D eigenvalue weighted by Crippen LogP contribution is 2.20. The maximum Gasteiger partial charge on any atom is 0.410 e. The number of esters is 1. The molecule has 0 aromatic carbocycles. The average Bonchev–Trinajstić information content (AvgIpc) is 2.98. The fraction of sp³-hybridized carbons (Fsp3) is 0.750. The zero-order valence-corrected chi connectivity index (χ0v) is 14.6. The fourth-order valence-corrected chi connectivity index (χ4v) is 2.60. The summed E-state index contributed by atoms with van der Waals surface area (Å²) in [5.74, 6) is -0.988. The first-order valence-electron chi connectivity index (χ1n) is 8.14. The van der Waals surface area contributed by atoms with Crippen molar-refractivity contribution in [1.29, 1.82) is 5.26 Å². The van der Waals surface area contributed by atoms with Gasteiger partial charge in [-0.25, -0.2) is 4.79 Å². The molecular weight excluding hydrogens is 314 g/mol. The van der Waals surface area contributed by atoms with Crippen LogP contribution in [-0.2, 0) is 19.1 Å². The van der Waals surface area contributed by atoms with E-state index in [0.29, 0.717) is 19.4 Å². The monoisotopic (exact) mass is 339 g/mol. The number of hydrogen-bond donors (Lipinski definition) is 1. The van der Waals surface area contributed by atoms with Gasteiger partial charge in [-0.15, -0.1) is 0 Å². The second kappa shape index (κ2) is 9.11. The van der Waals surface area contributed by atoms with E-state index in [1.807, 2.05) is 13.8 Å². The molecule has 0 aromatic rings. The largest absolute Gasteiger partial charge is 0.426 e. The van der Waals surface area contributed by atoms with E-state index in [9.17, 15) is 14.4 Å². The molecule has 8 nitrogen and oxygen atoms in total. The number of carbonyl (C=O) groups is 3. The van der Waals surface area contributed by atoms with Gasteiger partial charge in [-0.3, -0.25) is 9.59 Å². The molecule has 8 heteroatoms. The lowest BCUT2D eigenvalue weighted by molar-refractivity contribution is -0.162. The van der Waals surface area contributed by atoms with Gasteiger partial charge in [-0.05, 0) is 18.8 Å². The molecule has 1 N–H and O–H groups in total. The Hall–Kier alpha value is -2.30. The molecule has 24 heavy (non-hydrogen) atoms. The van der Waals surface area contributed by atoms with Gasteiger partial charge in [-0.2, -0.15) is 5.26 Å². The maximum atomic E-state index is 12.7. The summed E-state index contributed by atoms with van der Waals surface area (Å²) in [6.07, 6.45) is 0.194. The van der Waals surface area contributed by atoms with Crippen molar-refractivity contribution >= 4 is 18.0 Å². The van der Waals surface area contributed by atoms with Crippen molar-refractivity contribution in [1.82, 2.24) is 10.2 Å². The summed E-state index contributed by atoms with van der Waals surface area (Å²) in [5, 5.41) is 11.7. The summed E-state index contributed by atoms with van der Waals surface area (Å²) >= 11 is 0. The third kappa shape index (κ3) is 5.41. The molecule has 134 valence electrons. The number of rotatable bonds is 6. The van der Waals surface area contributed by atoms with Crippen molar-refractivity contribution in [2.24, 2.45) is 5.92 Å². The highest BCUT2D eigenvalue weighted by atomic mass is 16.7. The van der Waals surface area contributed by atoms with Gasteiger partial charge in [0.15, 0.2) is 0 Å². The second-order valence-corrected chi connectivity index (χ2v) is 5.91. The molecule has 1 rings (SSSR count). The SMILES string of the molecule is CCC(C)C(NC(=O)OC(C)OC(C)=O)C(=O)N1CCCC1C#N. The fourth-order valence-electron chi connectivity index (χ4n) is 2.60. The Morgan fingerprint density at radius 3 is 2.54 bits per heavy atom. The van der Waals surface area contributed by atoms with E-state index >= 15 is 0 Å². The van der Waals surface area contributed by atoms with Gasteiger partial charge in [0.05, 0.1) is 6.07 Å². The summed E-state index contributed by atoms with van der Waals surface area (Å²) in [6.45, 7) is 6.87. The van der Waals surface area contributed by atoms with Crippen LogP contribution in [0.1, 0.15) is 47.0 Å². The van der Waals surface area contributed by atoms with Crippen LogP contribution in [0.5, 0.6) is 0 Å². The van der Waals surface area contributed by atoms with E-state index < -0.39 is 30.4 Å². The van der Waals surface area contributed by atoms with E-state index in [4.69, 9.17) is 14.7 Å². The minimum absolute atomic E-state index is 0.131. The lowest BCUT2D eigenvalue weighted by atomic mass is 9.97. The van der Waals surface area contributed by atoms with Crippen LogP contribution in [0, 0.1) is 17.2 Å². The van der Waals surface area contributed by atoms with Crippen LogP contribution < -0.4 is 5.32 Å². The summed E-state index contributed by atoms with van der Waals surface area (Å²) in [6, 6.07) is 0.870. The van der Waals surface area contributed by atoms with E-state index in [-0.39, 0.29) is 11.8 Å². The molecule has 1 fully saturated rings. The summed E-state index contributed by atoms with van der Waals surface area (Å²) in [4.78, 5) is 37.1. The first-order chi connectivity index (χ1) is 11.3. The molecule has 2 amide bonds. The molecule has 4 atom stereocenters. The van der Waals surface area contributed by atoms with Crippen molar-refractivity contribution in [3.8, 4) is 6.07 Å². The second-order valence-electron chi connectivity index (χ2n) is 5.91. The smallest absolute Gasteiger partial charge is 0.410 e. The highest BCUT2D eigenvalue weighted by molar-refractivity contribution is 5.86. The topological polar surface area (TPSA) is 109 Å². The Labute approximate surface area is 142 Å². The minimum atomic E-state index is -1.05. The molecule has 1 aliphatic rings. The van der Waals surface area contributed by atoms with Gasteiger partial charge in [-0.1, -0.05) is 20.3 Å². The Balaban J connectivity index is 2.75. The Bertz CT molecular complexity index is 516. The van der Waals surface area contributed by atoms with Crippen LogP contribution in [0.4, 0.5) is 4.79 Å². The first kappa shape index (κ1) is 19.7. The Morgan fingerprint density at radius 1 is 1.33 bits per heavy atom. The molecule has 0 saturated carbocycles. The highest BCUT2D eigenvalue weighted by Gasteiger charge is 2.36. The molecule has 4 unspecified atom stereocenters. The first-order valence-corrected chi connectivity index (χ1v) is 8.14. The molecule has 1 aliphatic heterocycles. The number of nitriles is 1. The number of nitrogens with one attached hydrogen (secondary N) is 1. The van der Waals surface area contributed by atoms with Crippen LogP contribution >= 0.6 is 0 Å². The Morgan fingerprint density at radius 2 is 2.00 bits per heavy atom. The number of ether oxygens (including phenoxy) is 2. The van der Waals surface area contributed by atoms with Crippen LogP contribution in [-0.4, -0.2) is 47.8 Å². The lowest BCUT2D eigenvalue weighted by Crippen LogP contribution is -2.53. The zero-order chi connectivity index (χ0) is 18.3. The lowest BCUT2D eigenvalue weighted by Gasteiger charge is -2.29. The third-order valence-electron chi connectivity index (χ3n) is 4.04. The summed E-state index contributed by atoms with van der Waals surface area (Å²) in [5.41, 5.74) is 0. The van der Waals surface area contributed by atoms with Crippen LogP contribution in [0.15, 0.2) is 0 Å². The van der Waals surface area contributed by atoms with Crippen LogP contribution in [0.25, 0.3) is 0 Å². The normalized spacial score (nSPS) is 20.5. The van der Waals surface area contributed by atoms with Gasteiger partial charge in [0.2, 0.25) is 12.2 Å². The zero-order valence-electron chi connectivity index (χ0n) is 14.6. The van der Waals surface area contributed by atoms with E-state index in [0.717, 1.165) is 6.42 Å². The van der Waals surface area contributed by atoms with Crippen molar-refractivity contribution in [2.45, 2.75) is 65.3 Å². The van der Waals surface area contributed by atoms with Crippen molar-refractivity contribution in [3.05, 3.63) is 0 Å². The maximum absolute atomic E-state index is 12.7. The Kier molecular flexibility index (Phi) is 7.49. The predicted octanol–water partition coefficient (Wildman–Crippen LogP) is 1.55. The molecule has 0 aliphatic carbocycles. The molecule has 0 aromatic heterocycles. The van der Waals surface area contributed by atoms with Gasteiger partial charge in [0.1, 0.15) is 12.1 Å².